The summed E-state index contributed by atoms with van der Waals surface area (Å²) in [6.07, 6.45) is 7.73. The first-order chi connectivity index (χ1) is 11.8. The van der Waals surface area contributed by atoms with Gasteiger partial charge in [0.05, 0.1) is 18.9 Å². The van der Waals surface area contributed by atoms with Crippen LogP contribution in [0.4, 0.5) is 5.69 Å². The van der Waals surface area contributed by atoms with Crippen LogP contribution in [0, 0.1) is 5.92 Å². The molecule has 0 radical (unpaired) electrons. The van der Waals surface area contributed by atoms with Crippen LogP contribution in [0.2, 0.25) is 0 Å². The fourth-order valence-electron chi connectivity index (χ4n) is 6.02. The Morgan fingerprint density at radius 2 is 2.04 bits per heavy atom. The second kappa shape index (κ2) is 5.63. The minimum Gasteiger partial charge on any atom is -0.506 e. The summed E-state index contributed by atoms with van der Waals surface area (Å²) in [6.45, 7) is 4.40. The van der Waals surface area contributed by atoms with Crippen molar-refractivity contribution < 1.29 is 9.84 Å². The highest BCUT2D eigenvalue weighted by atomic mass is 16.5. The topological polar surface area (TPSA) is 44.7 Å². The monoisotopic (exact) mass is 328 g/mol. The van der Waals surface area contributed by atoms with Crippen LogP contribution in [0.3, 0.4) is 0 Å². The fourth-order valence-corrected chi connectivity index (χ4v) is 6.02. The second-order valence-corrected chi connectivity index (χ2v) is 8.12. The number of phenols is 1. The molecule has 2 N–H and O–H groups in total. The Morgan fingerprint density at radius 1 is 1.17 bits per heavy atom. The normalized spacial score (nSPS) is 35.2. The molecule has 4 aliphatic rings. The molecule has 2 aliphatic heterocycles. The van der Waals surface area contributed by atoms with Crippen LogP contribution in [-0.2, 0) is 16.6 Å². The van der Waals surface area contributed by atoms with Crippen molar-refractivity contribution in [2.24, 2.45) is 5.92 Å². The van der Waals surface area contributed by atoms with Gasteiger partial charge in [-0.3, -0.25) is 0 Å². The van der Waals surface area contributed by atoms with E-state index in [4.69, 9.17) is 4.74 Å². The summed E-state index contributed by atoms with van der Waals surface area (Å²) < 4.78 is 5.47. The molecule has 2 bridgehead atoms. The second-order valence-electron chi connectivity index (χ2n) is 8.12. The highest BCUT2D eigenvalue weighted by molar-refractivity contribution is 5.63. The Kier molecular flexibility index (Phi) is 3.53. The van der Waals surface area contributed by atoms with Gasteiger partial charge in [0, 0.05) is 24.5 Å². The molecule has 0 aromatic heterocycles. The minimum atomic E-state index is 0.322. The molecule has 3 atom stereocenters. The molecule has 1 saturated carbocycles. The number of aromatic hydroxyl groups is 1. The highest BCUT2D eigenvalue weighted by Crippen LogP contribution is 2.55. The molecule has 1 unspecified atom stereocenters. The van der Waals surface area contributed by atoms with E-state index in [2.05, 4.69) is 22.3 Å². The number of ether oxygens (including phenoxy) is 1. The van der Waals surface area contributed by atoms with Gasteiger partial charge in [0.1, 0.15) is 5.75 Å². The molecule has 1 aromatic carbocycles. The number of hydrogen-bond donors (Lipinski definition) is 2. The van der Waals surface area contributed by atoms with Crippen molar-refractivity contribution in [2.45, 2.75) is 50.0 Å². The molecule has 4 heteroatoms. The Morgan fingerprint density at radius 3 is 2.92 bits per heavy atom. The summed E-state index contributed by atoms with van der Waals surface area (Å²) in [5.74, 6) is 1.24. The number of nitrogens with zero attached hydrogens (tertiary/aromatic N) is 1. The van der Waals surface area contributed by atoms with E-state index < -0.39 is 0 Å². The fraction of sp³-hybridized carbons (Fsp3) is 0.700. The number of morpholine rings is 1. The number of benzene rings is 1. The quantitative estimate of drug-likeness (QED) is 0.832. The van der Waals surface area contributed by atoms with Crippen molar-refractivity contribution in [1.29, 1.82) is 0 Å². The lowest BCUT2D eigenvalue weighted by molar-refractivity contribution is 0.0795. The van der Waals surface area contributed by atoms with E-state index in [9.17, 15) is 5.11 Å². The maximum atomic E-state index is 10.8. The predicted octanol–water partition coefficient (Wildman–Crippen LogP) is 2.57. The average Bonchev–Trinajstić information content (AvgIpc) is 2.63. The zero-order valence-electron chi connectivity index (χ0n) is 14.4. The Bertz CT molecular complexity index is 637. The van der Waals surface area contributed by atoms with Crippen molar-refractivity contribution in [3.8, 4) is 5.75 Å². The predicted molar refractivity (Wildman–Crippen MR) is 94.9 cm³/mol. The average molecular weight is 328 g/mol. The van der Waals surface area contributed by atoms with Crippen LogP contribution in [0.15, 0.2) is 12.1 Å². The lowest BCUT2D eigenvalue weighted by Crippen LogP contribution is -2.59. The standard InChI is InChI=1S/C20H28N2O2/c23-19-13-16-14(12-18(19)22-7-9-24-10-8-22)11-17-15-3-1-2-4-20(15,16)5-6-21-17/h12-13,15,17,21,23H,1-11H2/t15?,17-,20-/m0/s1. The summed E-state index contributed by atoms with van der Waals surface area (Å²) in [7, 11) is 0. The largest absolute Gasteiger partial charge is 0.506 e. The Labute approximate surface area is 144 Å². The van der Waals surface area contributed by atoms with Crippen LogP contribution in [0.1, 0.15) is 43.2 Å². The SMILES string of the molecule is Oc1cc2c(cc1N1CCOCC1)C[C@@H]1NCC[C@]23CCCCC13. The van der Waals surface area contributed by atoms with E-state index in [1.165, 1.54) is 43.2 Å². The first-order valence-electron chi connectivity index (χ1n) is 9.70. The first-order valence-corrected chi connectivity index (χ1v) is 9.70. The molecular formula is C20H28N2O2. The van der Waals surface area contributed by atoms with Crippen LogP contribution >= 0.6 is 0 Å². The Balaban J connectivity index is 1.59. The van der Waals surface area contributed by atoms with Crippen LogP contribution in [0.5, 0.6) is 5.75 Å². The molecular weight excluding hydrogens is 300 g/mol. The molecule has 24 heavy (non-hydrogen) atoms. The van der Waals surface area contributed by atoms with Crippen LogP contribution in [-0.4, -0.2) is 44.0 Å². The molecule has 2 aliphatic carbocycles. The first kappa shape index (κ1) is 15.0. The maximum absolute atomic E-state index is 10.8. The third kappa shape index (κ3) is 2.12. The summed E-state index contributed by atoms with van der Waals surface area (Å²) >= 11 is 0. The minimum absolute atomic E-state index is 0.322. The molecule has 1 aromatic rings. The highest BCUT2D eigenvalue weighted by Gasteiger charge is 2.51. The third-order valence-electron chi connectivity index (χ3n) is 7.09. The van der Waals surface area contributed by atoms with E-state index in [0.29, 0.717) is 17.2 Å². The van der Waals surface area contributed by atoms with E-state index >= 15 is 0 Å². The zero-order valence-corrected chi connectivity index (χ0v) is 14.4. The molecule has 2 heterocycles. The lowest BCUT2D eigenvalue weighted by Gasteiger charge is -2.56. The van der Waals surface area contributed by atoms with Gasteiger partial charge in [0.25, 0.3) is 0 Å². The maximum Gasteiger partial charge on any atom is 0.139 e. The van der Waals surface area contributed by atoms with Crippen LogP contribution in [0.25, 0.3) is 0 Å². The van der Waals surface area contributed by atoms with Gasteiger partial charge in [-0.05, 0) is 61.4 Å². The molecule has 130 valence electrons. The Hall–Kier alpha value is -1.26. The van der Waals surface area contributed by atoms with Gasteiger partial charge >= 0.3 is 0 Å². The van der Waals surface area contributed by atoms with E-state index in [0.717, 1.165) is 50.9 Å². The number of phenolic OH excluding ortho intramolecular Hbond substituents is 1. The lowest BCUT2D eigenvalue weighted by atomic mass is 9.53. The third-order valence-corrected chi connectivity index (χ3v) is 7.09. The number of anilines is 1. The van der Waals surface area contributed by atoms with Crippen LogP contribution < -0.4 is 10.2 Å². The molecule has 4 nitrogen and oxygen atoms in total. The molecule has 3 fully saturated rings. The number of fused-ring (bicyclic) bond motifs is 1. The van der Waals surface area contributed by atoms with Crippen molar-refractivity contribution in [3.05, 3.63) is 23.3 Å². The van der Waals surface area contributed by atoms with Gasteiger partial charge in [-0.2, -0.15) is 0 Å². The molecule has 0 amide bonds. The van der Waals surface area contributed by atoms with Gasteiger partial charge < -0.3 is 20.1 Å². The van der Waals surface area contributed by atoms with Gasteiger partial charge in [-0.25, -0.2) is 0 Å². The summed E-state index contributed by atoms with van der Waals surface area (Å²) in [4.78, 5) is 2.28. The van der Waals surface area contributed by atoms with E-state index in [1.807, 2.05) is 0 Å². The molecule has 0 spiro atoms. The smallest absolute Gasteiger partial charge is 0.139 e. The molecule has 2 saturated heterocycles. The number of piperidine rings is 1. The van der Waals surface area contributed by atoms with Crippen molar-refractivity contribution in [2.75, 3.05) is 37.7 Å². The van der Waals surface area contributed by atoms with E-state index in [-0.39, 0.29) is 0 Å². The van der Waals surface area contributed by atoms with Crippen molar-refractivity contribution in [1.82, 2.24) is 5.32 Å². The van der Waals surface area contributed by atoms with Crippen molar-refractivity contribution in [3.63, 3.8) is 0 Å². The van der Waals surface area contributed by atoms with E-state index in [1.54, 1.807) is 0 Å². The van der Waals surface area contributed by atoms with Gasteiger partial charge in [0.2, 0.25) is 0 Å². The van der Waals surface area contributed by atoms with Gasteiger partial charge in [0.15, 0.2) is 0 Å². The zero-order chi connectivity index (χ0) is 16.1. The summed E-state index contributed by atoms with van der Waals surface area (Å²) in [5, 5.41) is 14.6. The number of rotatable bonds is 1. The van der Waals surface area contributed by atoms with Crippen molar-refractivity contribution >= 4 is 5.69 Å². The number of hydrogen-bond acceptors (Lipinski definition) is 4. The van der Waals surface area contributed by atoms with Gasteiger partial charge in [-0.15, -0.1) is 0 Å². The molecule has 5 rings (SSSR count). The summed E-state index contributed by atoms with van der Waals surface area (Å²) in [5.41, 5.74) is 4.29. The van der Waals surface area contributed by atoms with Gasteiger partial charge in [-0.1, -0.05) is 12.8 Å². The summed E-state index contributed by atoms with van der Waals surface area (Å²) in [6, 6.07) is 5.07. The number of nitrogens with one attached hydrogen (secondary N) is 1.